The largest absolute Gasteiger partial charge is 0.463 e. The van der Waals surface area contributed by atoms with Gasteiger partial charge >= 0.3 is 5.97 Å². The molecule has 160 valence electrons. The number of carbonyl (C=O) groups excluding carboxylic acids is 2. The van der Waals surface area contributed by atoms with Crippen LogP contribution in [0.1, 0.15) is 70.1 Å². The van der Waals surface area contributed by atoms with E-state index in [4.69, 9.17) is 18.9 Å². The first-order chi connectivity index (χ1) is 14.5. The van der Waals surface area contributed by atoms with Crippen molar-refractivity contribution >= 4 is 11.8 Å². The maximum Gasteiger partial charge on any atom is 0.349 e. The highest BCUT2D eigenvalue weighted by atomic mass is 16.8. The van der Waals surface area contributed by atoms with Gasteiger partial charge in [0.05, 0.1) is 12.2 Å². The Morgan fingerprint density at radius 1 is 1.10 bits per heavy atom. The van der Waals surface area contributed by atoms with Gasteiger partial charge < -0.3 is 18.9 Å². The molecule has 5 fully saturated rings. The highest BCUT2D eigenvalue weighted by molar-refractivity contribution is 6.11. The number of Topliss-reactive ketones (excluding diaryl/α,β-unsaturated/α-hetero) is 1. The first-order valence-corrected chi connectivity index (χ1v) is 11.3. The van der Waals surface area contributed by atoms with E-state index < -0.39 is 34.7 Å². The van der Waals surface area contributed by atoms with Crippen molar-refractivity contribution in [1.29, 1.82) is 0 Å². The number of ketones is 1. The molecule has 3 heterocycles. The summed E-state index contributed by atoms with van der Waals surface area (Å²) in [5, 5.41) is 0. The Morgan fingerprint density at radius 2 is 1.90 bits per heavy atom. The van der Waals surface area contributed by atoms with E-state index in [1.54, 1.807) is 6.92 Å². The quantitative estimate of drug-likeness (QED) is 0.558. The lowest BCUT2D eigenvalue weighted by molar-refractivity contribution is -0.301. The van der Waals surface area contributed by atoms with E-state index in [2.05, 4.69) is 0 Å². The molecule has 6 nitrogen and oxygen atoms in total. The summed E-state index contributed by atoms with van der Waals surface area (Å²) in [7, 11) is 0. The third-order valence-corrected chi connectivity index (χ3v) is 8.34. The molecule has 0 radical (unpaired) electrons. The number of carbonyl (C=O) groups is 2. The van der Waals surface area contributed by atoms with Crippen molar-refractivity contribution in [2.24, 2.45) is 5.92 Å². The van der Waals surface area contributed by atoms with E-state index in [0.29, 0.717) is 6.42 Å². The molecule has 2 bridgehead atoms. The fraction of sp³-hybridized carbons (Fsp3) is 0.667. The molecule has 6 rings (SSSR count). The predicted molar refractivity (Wildman–Crippen MR) is 105 cm³/mol. The zero-order valence-corrected chi connectivity index (χ0v) is 17.4. The summed E-state index contributed by atoms with van der Waals surface area (Å²) >= 11 is 0. The van der Waals surface area contributed by atoms with E-state index in [1.165, 1.54) is 0 Å². The van der Waals surface area contributed by atoms with Crippen molar-refractivity contribution in [1.82, 2.24) is 0 Å². The Hall–Kier alpha value is -1.76. The Balaban J connectivity index is 1.58. The minimum absolute atomic E-state index is 0.0491. The molecule has 1 spiro atoms. The lowest BCUT2D eigenvalue weighted by Gasteiger charge is -2.60. The summed E-state index contributed by atoms with van der Waals surface area (Å²) in [5.74, 6) is -0.734. The SMILES string of the molecule is CCOC(=O)[C@@]12O[C@]3(CCC[C@H]3[C@@]34CCCC[C@@]13O[C@H](c1ccccc1)O4)CC2=O. The van der Waals surface area contributed by atoms with E-state index >= 15 is 0 Å². The van der Waals surface area contributed by atoms with Crippen molar-refractivity contribution in [3.8, 4) is 0 Å². The van der Waals surface area contributed by atoms with Crippen molar-refractivity contribution in [3.63, 3.8) is 0 Å². The van der Waals surface area contributed by atoms with Crippen molar-refractivity contribution in [3.05, 3.63) is 35.9 Å². The summed E-state index contributed by atoms with van der Waals surface area (Å²) in [6.45, 7) is 1.95. The van der Waals surface area contributed by atoms with Crippen molar-refractivity contribution < 1.29 is 28.5 Å². The van der Waals surface area contributed by atoms with Gasteiger partial charge in [-0.15, -0.1) is 0 Å². The Kier molecular flexibility index (Phi) is 3.89. The van der Waals surface area contributed by atoms with Gasteiger partial charge in [0.15, 0.2) is 12.1 Å². The van der Waals surface area contributed by atoms with Gasteiger partial charge in [-0.2, -0.15) is 0 Å². The van der Waals surface area contributed by atoms with Crippen LogP contribution >= 0.6 is 0 Å². The van der Waals surface area contributed by atoms with E-state index in [1.807, 2.05) is 30.3 Å². The molecule has 0 N–H and O–H groups in total. The van der Waals surface area contributed by atoms with Crippen LogP contribution in [-0.4, -0.2) is 40.8 Å². The van der Waals surface area contributed by atoms with Gasteiger partial charge in [-0.25, -0.2) is 4.79 Å². The van der Waals surface area contributed by atoms with Gasteiger partial charge in [0.25, 0.3) is 5.60 Å². The van der Waals surface area contributed by atoms with Gasteiger partial charge in [-0.05, 0) is 32.6 Å². The standard InChI is InChI=1S/C24H28O6/c1-2-27-20(26)24-18(25)15-21(30-24)12-8-11-17(21)22-13-6-7-14-23(22,24)29-19(28-22)16-9-4-3-5-10-16/h3-5,9-10,17,19H,2,6-8,11-15H2,1H3/t17-,19-,21-,22+,23+,24-/m1/s1. The molecule has 5 aliphatic rings. The monoisotopic (exact) mass is 412 g/mol. The highest BCUT2D eigenvalue weighted by Gasteiger charge is 2.88. The maximum atomic E-state index is 13.7. The molecular formula is C24H28O6. The third kappa shape index (κ3) is 1.96. The van der Waals surface area contributed by atoms with Crippen molar-refractivity contribution in [2.45, 2.75) is 87.0 Å². The van der Waals surface area contributed by atoms with Gasteiger partial charge in [0.2, 0.25) is 0 Å². The molecule has 6 heteroatoms. The van der Waals surface area contributed by atoms with Crippen LogP contribution in [0.2, 0.25) is 0 Å². The number of ether oxygens (including phenoxy) is 4. The van der Waals surface area contributed by atoms with Crippen LogP contribution < -0.4 is 0 Å². The molecule has 3 saturated heterocycles. The number of hydrogen-bond acceptors (Lipinski definition) is 6. The Bertz CT molecular complexity index is 900. The number of esters is 1. The normalized spacial score (nSPS) is 46.2. The number of hydrogen-bond donors (Lipinski definition) is 0. The molecular weight excluding hydrogens is 384 g/mol. The Labute approximate surface area is 176 Å². The predicted octanol–water partition coefficient (Wildman–Crippen LogP) is 3.63. The molecule has 1 aromatic carbocycles. The second kappa shape index (κ2) is 6.15. The average molecular weight is 412 g/mol. The molecule has 6 atom stereocenters. The van der Waals surface area contributed by atoms with Crippen LogP contribution in [0.4, 0.5) is 0 Å². The minimum atomic E-state index is -1.73. The molecule has 3 aliphatic heterocycles. The second-order valence-electron chi connectivity index (χ2n) is 9.52. The van der Waals surface area contributed by atoms with E-state index in [-0.39, 0.29) is 24.7 Å². The highest BCUT2D eigenvalue weighted by Crippen LogP contribution is 2.72. The smallest absolute Gasteiger partial charge is 0.349 e. The average Bonchev–Trinajstić information content (AvgIpc) is 3.41. The van der Waals surface area contributed by atoms with Crippen LogP contribution in [0.25, 0.3) is 0 Å². The number of fused-ring (bicyclic) bond motifs is 1. The van der Waals surface area contributed by atoms with Crippen LogP contribution in [-0.2, 0) is 28.5 Å². The first kappa shape index (κ1) is 19.0. The molecule has 0 amide bonds. The molecule has 2 saturated carbocycles. The lowest BCUT2D eigenvalue weighted by Crippen LogP contribution is -2.79. The van der Waals surface area contributed by atoms with E-state index in [0.717, 1.165) is 44.1 Å². The topological polar surface area (TPSA) is 71.1 Å². The van der Waals surface area contributed by atoms with Gasteiger partial charge in [0, 0.05) is 17.9 Å². The van der Waals surface area contributed by atoms with Gasteiger partial charge in [-0.3, -0.25) is 4.79 Å². The summed E-state index contributed by atoms with van der Waals surface area (Å²) in [6.07, 6.45) is 5.51. The zero-order chi connectivity index (χ0) is 20.6. The van der Waals surface area contributed by atoms with Crippen LogP contribution in [0, 0.1) is 5.92 Å². The van der Waals surface area contributed by atoms with Crippen LogP contribution in [0.3, 0.4) is 0 Å². The van der Waals surface area contributed by atoms with Crippen LogP contribution in [0.5, 0.6) is 0 Å². The molecule has 1 aromatic rings. The summed E-state index contributed by atoms with van der Waals surface area (Å²) in [6, 6.07) is 9.81. The summed E-state index contributed by atoms with van der Waals surface area (Å²) in [5.41, 5.74) is -3.31. The molecule has 30 heavy (non-hydrogen) atoms. The summed E-state index contributed by atoms with van der Waals surface area (Å²) in [4.78, 5) is 27.2. The number of benzene rings is 1. The zero-order valence-electron chi connectivity index (χ0n) is 17.4. The fourth-order valence-corrected chi connectivity index (χ4v) is 7.42. The lowest BCUT2D eigenvalue weighted by atomic mass is 9.56. The fourth-order valence-electron chi connectivity index (χ4n) is 7.42. The molecule has 0 unspecified atom stereocenters. The van der Waals surface area contributed by atoms with Gasteiger partial charge in [0.1, 0.15) is 11.2 Å². The second-order valence-corrected chi connectivity index (χ2v) is 9.52. The first-order valence-electron chi connectivity index (χ1n) is 11.3. The van der Waals surface area contributed by atoms with Crippen molar-refractivity contribution in [2.75, 3.05) is 6.61 Å². The molecule has 0 aromatic heterocycles. The minimum Gasteiger partial charge on any atom is -0.463 e. The van der Waals surface area contributed by atoms with E-state index in [9.17, 15) is 9.59 Å². The summed E-state index contributed by atoms with van der Waals surface area (Å²) < 4.78 is 25.7. The van der Waals surface area contributed by atoms with Crippen LogP contribution in [0.15, 0.2) is 30.3 Å². The maximum absolute atomic E-state index is 13.7. The Morgan fingerprint density at radius 3 is 2.70 bits per heavy atom. The van der Waals surface area contributed by atoms with Gasteiger partial charge in [-0.1, -0.05) is 49.6 Å². The molecule has 2 aliphatic carbocycles. The third-order valence-electron chi connectivity index (χ3n) is 8.34. The number of rotatable bonds is 3.